The zero-order chi connectivity index (χ0) is 12.5. The highest BCUT2D eigenvalue weighted by atomic mass is 16.3. The van der Waals surface area contributed by atoms with Crippen LogP contribution in [0.25, 0.3) is 0 Å². The Morgan fingerprint density at radius 3 is 3.11 bits per heavy atom. The van der Waals surface area contributed by atoms with E-state index in [4.69, 9.17) is 0 Å². The van der Waals surface area contributed by atoms with E-state index in [1.54, 1.807) is 0 Å². The smallest absolute Gasteiger partial charge is 0.115 e. The minimum atomic E-state index is 0.406. The molecule has 0 amide bonds. The summed E-state index contributed by atoms with van der Waals surface area (Å²) < 4.78 is 0. The molecular weight excluding hydrogens is 222 g/mol. The molecule has 1 fully saturated rings. The van der Waals surface area contributed by atoms with Gasteiger partial charge in [0, 0.05) is 12.1 Å². The third-order valence-electron chi connectivity index (χ3n) is 4.44. The SMILES string of the molecule is CCCC1CC1NC1CCCc2ccc(O)cc21. The Bertz CT molecular complexity index is 429. The molecule has 0 bridgehead atoms. The molecule has 3 rings (SSSR count). The second-order valence-corrected chi connectivity index (χ2v) is 5.89. The fourth-order valence-corrected chi connectivity index (χ4v) is 3.36. The fourth-order valence-electron chi connectivity index (χ4n) is 3.36. The molecule has 0 radical (unpaired) electrons. The number of benzene rings is 1. The first-order chi connectivity index (χ1) is 8.78. The largest absolute Gasteiger partial charge is 0.508 e. The Hall–Kier alpha value is -1.02. The van der Waals surface area contributed by atoms with E-state index >= 15 is 0 Å². The summed E-state index contributed by atoms with van der Waals surface area (Å²) in [6.07, 6.45) is 7.64. The predicted molar refractivity (Wildman–Crippen MR) is 73.7 cm³/mol. The number of fused-ring (bicyclic) bond motifs is 1. The van der Waals surface area contributed by atoms with Crippen LogP contribution in [-0.4, -0.2) is 11.1 Å². The van der Waals surface area contributed by atoms with E-state index in [1.807, 2.05) is 12.1 Å². The summed E-state index contributed by atoms with van der Waals surface area (Å²) in [4.78, 5) is 0. The van der Waals surface area contributed by atoms with Crippen LogP contribution in [0.1, 0.15) is 56.2 Å². The first-order valence-corrected chi connectivity index (χ1v) is 7.35. The van der Waals surface area contributed by atoms with Gasteiger partial charge in [0.1, 0.15) is 5.75 Å². The fraction of sp³-hybridized carbons (Fsp3) is 0.625. The van der Waals surface area contributed by atoms with Crippen LogP contribution in [0.3, 0.4) is 0 Å². The molecule has 0 aromatic heterocycles. The molecule has 18 heavy (non-hydrogen) atoms. The molecule has 3 unspecified atom stereocenters. The van der Waals surface area contributed by atoms with Crippen molar-refractivity contribution in [3.8, 4) is 5.75 Å². The maximum absolute atomic E-state index is 9.66. The van der Waals surface area contributed by atoms with E-state index in [0.717, 1.165) is 18.4 Å². The molecule has 3 atom stereocenters. The molecule has 1 aromatic carbocycles. The van der Waals surface area contributed by atoms with E-state index in [2.05, 4.69) is 18.3 Å². The van der Waals surface area contributed by atoms with Gasteiger partial charge in [-0.05, 0) is 61.3 Å². The van der Waals surface area contributed by atoms with Gasteiger partial charge < -0.3 is 10.4 Å². The Kier molecular flexibility index (Phi) is 3.29. The molecule has 2 nitrogen and oxygen atoms in total. The van der Waals surface area contributed by atoms with Gasteiger partial charge in [0.25, 0.3) is 0 Å². The van der Waals surface area contributed by atoms with Crippen LogP contribution in [-0.2, 0) is 6.42 Å². The van der Waals surface area contributed by atoms with Crippen LogP contribution < -0.4 is 5.32 Å². The van der Waals surface area contributed by atoms with Crippen LogP contribution in [0.5, 0.6) is 5.75 Å². The molecule has 98 valence electrons. The lowest BCUT2D eigenvalue weighted by Crippen LogP contribution is -2.28. The van der Waals surface area contributed by atoms with E-state index in [-0.39, 0.29) is 0 Å². The minimum Gasteiger partial charge on any atom is -0.508 e. The van der Waals surface area contributed by atoms with Gasteiger partial charge in [0.05, 0.1) is 0 Å². The number of phenols is 1. The third kappa shape index (κ3) is 2.39. The molecule has 0 spiro atoms. The van der Waals surface area contributed by atoms with Crippen molar-refractivity contribution in [3.05, 3.63) is 29.3 Å². The second kappa shape index (κ2) is 4.93. The zero-order valence-electron chi connectivity index (χ0n) is 11.2. The minimum absolute atomic E-state index is 0.406. The normalized spacial score (nSPS) is 29.9. The van der Waals surface area contributed by atoms with Crippen molar-refractivity contribution in [2.75, 3.05) is 0 Å². The number of hydrogen-bond donors (Lipinski definition) is 2. The number of nitrogens with one attached hydrogen (secondary N) is 1. The number of aryl methyl sites for hydroxylation is 1. The number of rotatable bonds is 4. The average Bonchev–Trinajstić information content (AvgIpc) is 3.09. The van der Waals surface area contributed by atoms with Gasteiger partial charge in [0.15, 0.2) is 0 Å². The van der Waals surface area contributed by atoms with Crippen LogP contribution in [0.2, 0.25) is 0 Å². The van der Waals surface area contributed by atoms with Gasteiger partial charge in [0.2, 0.25) is 0 Å². The quantitative estimate of drug-likeness (QED) is 0.850. The standard InChI is InChI=1S/C16H23NO/c1-2-4-12-9-16(12)17-15-6-3-5-11-7-8-13(18)10-14(11)15/h7-8,10,12,15-18H,2-6,9H2,1H3. The summed E-state index contributed by atoms with van der Waals surface area (Å²) >= 11 is 0. The number of phenolic OH excluding ortho intramolecular Hbond substituents is 1. The molecule has 1 aromatic rings. The van der Waals surface area contributed by atoms with Gasteiger partial charge in [-0.25, -0.2) is 0 Å². The van der Waals surface area contributed by atoms with Crippen molar-refractivity contribution in [1.82, 2.24) is 5.32 Å². The van der Waals surface area contributed by atoms with E-state index in [1.165, 1.54) is 43.2 Å². The van der Waals surface area contributed by atoms with Crippen molar-refractivity contribution in [3.63, 3.8) is 0 Å². The molecule has 0 heterocycles. The average molecular weight is 245 g/mol. The Balaban J connectivity index is 1.70. The number of aromatic hydroxyl groups is 1. The predicted octanol–water partition coefficient (Wildman–Crippen LogP) is 3.55. The lowest BCUT2D eigenvalue weighted by Gasteiger charge is -2.27. The molecular formula is C16H23NO. The summed E-state index contributed by atoms with van der Waals surface area (Å²) in [5.41, 5.74) is 2.76. The first-order valence-electron chi connectivity index (χ1n) is 7.35. The summed E-state index contributed by atoms with van der Waals surface area (Å²) in [5, 5.41) is 13.5. The Labute approximate surface area is 109 Å². The van der Waals surface area contributed by atoms with Crippen molar-refractivity contribution >= 4 is 0 Å². The lowest BCUT2D eigenvalue weighted by molar-refractivity contribution is 0.433. The molecule has 2 aliphatic rings. The highest BCUT2D eigenvalue weighted by molar-refractivity contribution is 5.38. The molecule has 2 heteroatoms. The molecule has 2 aliphatic carbocycles. The third-order valence-corrected chi connectivity index (χ3v) is 4.44. The van der Waals surface area contributed by atoms with Crippen LogP contribution in [0, 0.1) is 5.92 Å². The van der Waals surface area contributed by atoms with E-state index in [0.29, 0.717) is 11.8 Å². The van der Waals surface area contributed by atoms with Crippen LogP contribution in [0.15, 0.2) is 18.2 Å². The lowest BCUT2D eigenvalue weighted by atomic mass is 9.87. The van der Waals surface area contributed by atoms with Gasteiger partial charge in [-0.1, -0.05) is 19.4 Å². The maximum Gasteiger partial charge on any atom is 0.115 e. The summed E-state index contributed by atoms with van der Waals surface area (Å²) in [7, 11) is 0. The zero-order valence-corrected chi connectivity index (χ0v) is 11.2. The summed E-state index contributed by atoms with van der Waals surface area (Å²) in [6.45, 7) is 2.27. The van der Waals surface area contributed by atoms with Gasteiger partial charge >= 0.3 is 0 Å². The summed E-state index contributed by atoms with van der Waals surface area (Å²) in [5.74, 6) is 1.31. The highest BCUT2D eigenvalue weighted by Crippen LogP contribution is 2.39. The van der Waals surface area contributed by atoms with Crippen molar-refractivity contribution in [2.24, 2.45) is 5.92 Å². The monoisotopic (exact) mass is 245 g/mol. The van der Waals surface area contributed by atoms with E-state index < -0.39 is 0 Å². The van der Waals surface area contributed by atoms with Crippen LogP contribution >= 0.6 is 0 Å². The maximum atomic E-state index is 9.66. The molecule has 0 aliphatic heterocycles. The van der Waals surface area contributed by atoms with Crippen molar-refractivity contribution < 1.29 is 5.11 Å². The van der Waals surface area contributed by atoms with Gasteiger partial charge in [-0.15, -0.1) is 0 Å². The molecule has 0 saturated heterocycles. The van der Waals surface area contributed by atoms with E-state index in [9.17, 15) is 5.11 Å². The highest BCUT2D eigenvalue weighted by Gasteiger charge is 2.38. The molecule has 1 saturated carbocycles. The van der Waals surface area contributed by atoms with Crippen molar-refractivity contribution in [2.45, 2.75) is 57.5 Å². The Morgan fingerprint density at radius 1 is 1.39 bits per heavy atom. The molecule has 2 N–H and O–H groups in total. The topological polar surface area (TPSA) is 32.3 Å². The first kappa shape index (κ1) is 12.0. The Morgan fingerprint density at radius 2 is 2.28 bits per heavy atom. The van der Waals surface area contributed by atoms with Gasteiger partial charge in [-0.3, -0.25) is 0 Å². The summed E-state index contributed by atoms with van der Waals surface area (Å²) in [6, 6.07) is 7.06. The van der Waals surface area contributed by atoms with Gasteiger partial charge in [-0.2, -0.15) is 0 Å². The number of hydrogen-bond acceptors (Lipinski definition) is 2. The van der Waals surface area contributed by atoms with Crippen molar-refractivity contribution in [1.29, 1.82) is 0 Å². The van der Waals surface area contributed by atoms with Crippen LogP contribution in [0.4, 0.5) is 0 Å². The second-order valence-electron chi connectivity index (χ2n) is 5.89.